The highest BCUT2D eigenvalue weighted by atomic mass is 32.2. The lowest BCUT2D eigenvalue weighted by Gasteiger charge is -2.20. The molecule has 0 aliphatic carbocycles. The number of aryl methyl sites for hydroxylation is 1. The van der Waals surface area contributed by atoms with Gasteiger partial charge in [-0.1, -0.05) is 26.0 Å². The number of amides is 1. The quantitative estimate of drug-likeness (QED) is 0.383. The highest BCUT2D eigenvalue weighted by molar-refractivity contribution is 7.99. The van der Waals surface area contributed by atoms with Crippen molar-refractivity contribution < 1.29 is 22.9 Å². The van der Waals surface area contributed by atoms with E-state index in [2.05, 4.69) is 5.32 Å². The lowest BCUT2D eigenvalue weighted by molar-refractivity contribution is -0.385. The molecule has 9 nitrogen and oxygen atoms in total. The summed E-state index contributed by atoms with van der Waals surface area (Å²) >= 11 is 1.29. The Hall–Kier alpha value is -2.63. The topological polar surface area (TPSA) is 119 Å². The fourth-order valence-electron chi connectivity index (χ4n) is 3.09. The number of ether oxygens (including phenoxy) is 1. The fourth-order valence-corrected chi connectivity index (χ4v) is 5.57. The van der Waals surface area contributed by atoms with Gasteiger partial charge in [-0.3, -0.25) is 14.9 Å². The first-order valence-corrected chi connectivity index (χ1v) is 12.5. The van der Waals surface area contributed by atoms with E-state index in [1.807, 2.05) is 0 Å². The van der Waals surface area contributed by atoms with Crippen LogP contribution in [-0.4, -0.2) is 49.5 Å². The van der Waals surface area contributed by atoms with E-state index >= 15 is 0 Å². The van der Waals surface area contributed by atoms with Crippen LogP contribution in [0.3, 0.4) is 0 Å². The lowest BCUT2D eigenvalue weighted by atomic mass is 10.2. The highest BCUT2D eigenvalue weighted by Crippen LogP contribution is 2.29. The third-order valence-corrected chi connectivity index (χ3v) is 7.93. The zero-order valence-corrected chi connectivity index (χ0v) is 20.1. The van der Waals surface area contributed by atoms with Crippen LogP contribution < -0.4 is 10.1 Å². The summed E-state index contributed by atoms with van der Waals surface area (Å²) in [5.41, 5.74) is 1.56. The van der Waals surface area contributed by atoms with Gasteiger partial charge in [0.1, 0.15) is 0 Å². The Morgan fingerprint density at radius 3 is 2.47 bits per heavy atom. The predicted molar refractivity (Wildman–Crippen MR) is 126 cm³/mol. The number of nitrogens with one attached hydrogen (secondary N) is 1. The number of carbonyl (C=O) groups excluding carboxylic acids is 1. The molecule has 0 atom stereocenters. The Kier molecular flexibility index (Phi) is 9.05. The predicted octanol–water partition coefficient (Wildman–Crippen LogP) is 3.81. The number of thioether (sulfide) groups is 1. The second-order valence-electron chi connectivity index (χ2n) is 6.87. The van der Waals surface area contributed by atoms with Gasteiger partial charge in [-0.2, -0.15) is 4.31 Å². The smallest absolute Gasteiger partial charge is 0.311 e. The van der Waals surface area contributed by atoms with E-state index in [-0.39, 0.29) is 28.0 Å². The third kappa shape index (κ3) is 6.21. The van der Waals surface area contributed by atoms with Crippen LogP contribution in [0.2, 0.25) is 0 Å². The molecular formula is C21H27N3O6S2. The molecule has 0 radical (unpaired) electrons. The largest absolute Gasteiger partial charge is 0.490 e. The Morgan fingerprint density at radius 2 is 1.88 bits per heavy atom. The zero-order valence-electron chi connectivity index (χ0n) is 18.5. The number of benzene rings is 2. The zero-order chi connectivity index (χ0) is 23.9. The van der Waals surface area contributed by atoms with Gasteiger partial charge in [0, 0.05) is 30.6 Å². The average Bonchev–Trinajstić information content (AvgIpc) is 2.75. The molecule has 0 unspecified atom stereocenters. The molecule has 0 heterocycles. The molecule has 32 heavy (non-hydrogen) atoms. The number of sulfonamides is 1. The first kappa shape index (κ1) is 25.6. The van der Waals surface area contributed by atoms with Crippen LogP contribution in [0.15, 0.2) is 41.3 Å². The fraction of sp³-hybridized carbons (Fsp3) is 0.381. The van der Waals surface area contributed by atoms with Gasteiger partial charge in [0.15, 0.2) is 5.75 Å². The number of hydrogen-bond acceptors (Lipinski definition) is 7. The summed E-state index contributed by atoms with van der Waals surface area (Å²) < 4.78 is 32.1. The van der Waals surface area contributed by atoms with Crippen molar-refractivity contribution in [2.24, 2.45) is 0 Å². The maximum atomic E-state index is 12.9. The average molecular weight is 482 g/mol. The van der Waals surface area contributed by atoms with E-state index in [0.717, 1.165) is 0 Å². The van der Waals surface area contributed by atoms with Gasteiger partial charge in [-0.25, -0.2) is 8.42 Å². The van der Waals surface area contributed by atoms with E-state index < -0.39 is 14.9 Å². The molecule has 0 bridgehead atoms. The number of hydrogen-bond donors (Lipinski definition) is 1. The summed E-state index contributed by atoms with van der Waals surface area (Å²) in [7, 11) is -2.28. The van der Waals surface area contributed by atoms with Crippen molar-refractivity contribution in [3.63, 3.8) is 0 Å². The molecule has 0 saturated carbocycles. The minimum Gasteiger partial charge on any atom is -0.490 e. The van der Waals surface area contributed by atoms with Crippen LogP contribution in [-0.2, 0) is 20.6 Å². The van der Waals surface area contributed by atoms with Crippen LogP contribution in [0.5, 0.6) is 5.75 Å². The van der Waals surface area contributed by atoms with E-state index in [0.29, 0.717) is 35.7 Å². The van der Waals surface area contributed by atoms with Gasteiger partial charge in [-0.15, -0.1) is 11.8 Å². The van der Waals surface area contributed by atoms with Crippen molar-refractivity contribution in [3.05, 3.63) is 57.6 Å². The molecule has 0 saturated heterocycles. The number of methoxy groups -OCH3 is 1. The van der Waals surface area contributed by atoms with Gasteiger partial charge in [0.25, 0.3) is 0 Å². The lowest BCUT2D eigenvalue weighted by Crippen LogP contribution is -2.31. The van der Waals surface area contributed by atoms with Crippen LogP contribution >= 0.6 is 11.8 Å². The molecule has 0 aliphatic rings. The molecule has 1 N–H and O–H groups in total. The van der Waals surface area contributed by atoms with Gasteiger partial charge < -0.3 is 10.1 Å². The van der Waals surface area contributed by atoms with Gasteiger partial charge in [0.2, 0.25) is 15.9 Å². The maximum absolute atomic E-state index is 12.9. The minimum atomic E-state index is -3.65. The summed E-state index contributed by atoms with van der Waals surface area (Å²) in [4.78, 5) is 23.1. The molecule has 0 fully saturated rings. The van der Waals surface area contributed by atoms with E-state index in [4.69, 9.17) is 4.74 Å². The van der Waals surface area contributed by atoms with E-state index in [1.54, 1.807) is 39.0 Å². The van der Waals surface area contributed by atoms with Crippen molar-refractivity contribution >= 4 is 39.1 Å². The molecule has 174 valence electrons. The van der Waals surface area contributed by atoms with Crippen LogP contribution in [0, 0.1) is 17.0 Å². The standard InChI is InChI=1S/C21H27N3O6S2/c1-5-23(6-2)32(28,29)20-12-17(9-7-15(20)3)22-21(25)14-31-13-16-8-10-19(30-4)18(11-16)24(26)27/h7-12H,5-6,13-14H2,1-4H3,(H,22,25). The number of rotatable bonds is 11. The van der Waals surface area contributed by atoms with Crippen molar-refractivity contribution in [2.75, 3.05) is 31.3 Å². The number of nitro groups is 1. The van der Waals surface area contributed by atoms with Crippen molar-refractivity contribution in [1.29, 1.82) is 0 Å². The molecular weight excluding hydrogens is 454 g/mol. The highest BCUT2D eigenvalue weighted by Gasteiger charge is 2.24. The number of anilines is 1. The van der Waals surface area contributed by atoms with Gasteiger partial charge in [0.05, 0.1) is 22.7 Å². The monoisotopic (exact) mass is 481 g/mol. The summed E-state index contributed by atoms with van der Waals surface area (Å²) in [6.45, 7) is 5.98. The first-order valence-electron chi connectivity index (χ1n) is 9.93. The second-order valence-corrected chi connectivity index (χ2v) is 9.77. The molecule has 0 aliphatic heterocycles. The van der Waals surface area contributed by atoms with Crippen molar-refractivity contribution in [2.45, 2.75) is 31.4 Å². The Labute approximate surface area is 192 Å². The van der Waals surface area contributed by atoms with E-state index in [1.165, 1.54) is 41.4 Å². The SMILES string of the molecule is CCN(CC)S(=O)(=O)c1cc(NC(=O)CSCc2ccc(OC)c([N+](=O)[O-])c2)ccc1C. The van der Waals surface area contributed by atoms with Crippen molar-refractivity contribution in [1.82, 2.24) is 4.31 Å². The minimum absolute atomic E-state index is 0.103. The molecule has 11 heteroatoms. The Morgan fingerprint density at radius 1 is 1.19 bits per heavy atom. The number of nitro benzene ring substituents is 1. The molecule has 2 rings (SSSR count). The Balaban J connectivity index is 2.04. The van der Waals surface area contributed by atoms with Crippen molar-refractivity contribution in [3.8, 4) is 5.75 Å². The molecule has 0 aromatic heterocycles. The Bertz CT molecular complexity index is 1080. The normalized spacial score (nSPS) is 11.4. The maximum Gasteiger partial charge on any atom is 0.311 e. The van der Waals surface area contributed by atoms with Crippen LogP contribution in [0.1, 0.15) is 25.0 Å². The summed E-state index contributed by atoms with van der Waals surface area (Å²) in [6, 6.07) is 9.45. The number of carbonyl (C=O) groups is 1. The second kappa shape index (κ2) is 11.3. The first-order chi connectivity index (χ1) is 15.1. The molecule has 1 amide bonds. The number of nitrogens with zero attached hydrogens (tertiary/aromatic N) is 2. The molecule has 0 spiro atoms. The van der Waals surface area contributed by atoms with Gasteiger partial charge in [-0.05, 0) is 36.2 Å². The summed E-state index contributed by atoms with van der Waals surface area (Å²) in [5.74, 6) is 0.379. The molecule has 2 aromatic rings. The van der Waals surface area contributed by atoms with E-state index in [9.17, 15) is 23.3 Å². The summed E-state index contributed by atoms with van der Waals surface area (Å²) in [6.07, 6.45) is 0. The van der Waals surface area contributed by atoms with Crippen LogP contribution in [0.4, 0.5) is 11.4 Å². The molecule has 2 aromatic carbocycles. The summed E-state index contributed by atoms with van der Waals surface area (Å²) in [5, 5.41) is 13.8. The van der Waals surface area contributed by atoms with Gasteiger partial charge >= 0.3 is 5.69 Å². The third-order valence-electron chi connectivity index (χ3n) is 4.74. The van der Waals surface area contributed by atoms with Crippen LogP contribution in [0.25, 0.3) is 0 Å².